The van der Waals surface area contributed by atoms with Crippen molar-refractivity contribution in [1.29, 1.82) is 0 Å². The second kappa shape index (κ2) is 7.56. The summed E-state index contributed by atoms with van der Waals surface area (Å²) in [5.74, 6) is 1.71. The normalized spacial score (nSPS) is 32.1. The highest BCUT2D eigenvalue weighted by molar-refractivity contribution is 5.97. The van der Waals surface area contributed by atoms with Gasteiger partial charge >= 0.3 is 0 Å². The molecule has 1 aromatic carbocycles. The Morgan fingerprint density at radius 1 is 1.04 bits per heavy atom. The van der Waals surface area contributed by atoms with Gasteiger partial charge in [-0.15, -0.1) is 0 Å². The lowest BCUT2D eigenvalue weighted by Crippen LogP contribution is -2.52. The number of hydrogen-bond donors (Lipinski definition) is 1. The van der Waals surface area contributed by atoms with E-state index in [4.69, 9.17) is 0 Å². The second-order valence-corrected chi connectivity index (χ2v) is 8.57. The lowest BCUT2D eigenvalue weighted by Gasteiger charge is -2.39. The van der Waals surface area contributed by atoms with Gasteiger partial charge < -0.3 is 4.90 Å². The summed E-state index contributed by atoms with van der Waals surface area (Å²) in [6.45, 7) is 5.47. The predicted molar refractivity (Wildman–Crippen MR) is 105 cm³/mol. The molecule has 2 aliphatic carbocycles. The van der Waals surface area contributed by atoms with Crippen LogP contribution in [0.5, 0.6) is 0 Å². The van der Waals surface area contributed by atoms with E-state index in [1.165, 1.54) is 36.8 Å². The highest BCUT2D eigenvalue weighted by atomic mass is 16.2. The van der Waals surface area contributed by atoms with Crippen LogP contribution in [0, 0.1) is 11.8 Å². The molecule has 3 heteroatoms. The number of carbonyl (C=O) groups excluding carboxylic acids is 1. The zero-order valence-electron chi connectivity index (χ0n) is 16.2. The average Bonchev–Trinajstić information content (AvgIpc) is 2.92. The van der Waals surface area contributed by atoms with Crippen LogP contribution in [0.25, 0.3) is 0 Å². The molecule has 3 aliphatic rings. The van der Waals surface area contributed by atoms with Gasteiger partial charge in [0.25, 0.3) is 5.91 Å². The van der Waals surface area contributed by atoms with Crippen LogP contribution in [0.15, 0.2) is 41.5 Å². The number of amides is 1. The molecule has 26 heavy (non-hydrogen) atoms. The molecule has 1 saturated carbocycles. The lowest BCUT2D eigenvalue weighted by molar-refractivity contribution is -0.128. The monoisotopic (exact) mass is 352 g/mol. The smallest absolute Gasteiger partial charge is 0.251 e. The minimum atomic E-state index is 0.107. The van der Waals surface area contributed by atoms with E-state index in [1.807, 2.05) is 6.07 Å². The Hall–Kier alpha value is -1.61. The number of carbonyl (C=O) groups is 1. The summed E-state index contributed by atoms with van der Waals surface area (Å²) in [6, 6.07) is 11.0. The molecule has 0 saturated heterocycles. The Labute approximate surface area is 157 Å². The van der Waals surface area contributed by atoms with Crippen molar-refractivity contribution in [3.8, 4) is 0 Å². The fourth-order valence-corrected chi connectivity index (χ4v) is 5.11. The molecular formula is C23H32N2O. The van der Waals surface area contributed by atoms with E-state index in [2.05, 4.69) is 48.3 Å². The molecule has 4 atom stereocenters. The zero-order chi connectivity index (χ0) is 18.1. The van der Waals surface area contributed by atoms with Crippen LogP contribution >= 0.6 is 0 Å². The summed E-state index contributed by atoms with van der Waals surface area (Å²) in [6.07, 6.45) is 8.41. The van der Waals surface area contributed by atoms with E-state index in [9.17, 15) is 4.79 Å². The van der Waals surface area contributed by atoms with Gasteiger partial charge in [0.1, 0.15) is 6.17 Å². The quantitative estimate of drug-likeness (QED) is 0.856. The summed E-state index contributed by atoms with van der Waals surface area (Å²) in [4.78, 5) is 15.3. The van der Waals surface area contributed by atoms with Gasteiger partial charge in [-0.3, -0.25) is 10.1 Å². The number of benzene rings is 1. The SMILES string of the molecule is CC1CCCC(NC2C3=C(CCCC3)C(=O)N2Cc2ccccc2)C1C. The third kappa shape index (κ3) is 3.34. The highest BCUT2D eigenvalue weighted by Gasteiger charge is 2.41. The van der Waals surface area contributed by atoms with Crippen molar-refractivity contribution in [2.24, 2.45) is 11.8 Å². The van der Waals surface area contributed by atoms with Crippen molar-refractivity contribution < 1.29 is 4.79 Å². The first-order valence-corrected chi connectivity index (χ1v) is 10.5. The first kappa shape index (κ1) is 17.8. The van der Waals surface area contributed by atoms with Crippen LogP contribution in [0.4, 0.5) is 0 Å². The van der Waals surface area contributed by atoms with E-state index in [1.54, 1.807) is 0 Å². The molecule has 0 bridgehead atoms. The Morgan fingerprint density at radius 2 is 1.81 bits per heavy atom. The Balaban J connectivity index is 1.58. The van der Waals surface area contributed by atoms with Crippen LogP contribution in [-0.4, -0.2) is 23.0 Å². The van der Waals surface area contributed by atoms with E-state index in [-0.39, 0.29) is 12.1 Å². The van der Waals surface area contributed by atoms with Crippen LogP contribution in [0.2, 0.25) is 0 Å². The molecule has 4 unspecified atom stereocenters. The van der Waals surface area contributed by atoms with Gasteiger partial charge in [-0.05, 0) is 55.1 Å². The van der Waals surface area contributed by atoms with Gasteiger partial charge in [0, 0.05) is 18.2 Å². The molecule has 0 radical (unpaired) electrons. The van der Waals surface area contributed by atoms with Gasteiger partial charge in [-0.2, -0.15) is 0 Å². The maximum atomic E-state index is 13.2. The summed E-state index contributed by atoms with van der Waals surface area (Å²) in [5.41, 5.74) is 3.72. The molecule has 1 fully saturated rings. The molecule has 0 spiro atoms. The van der Waals surface area contributed by atoms with Crippen LogP contribution in [0.3, 0.4) is 0 Å². The number of nitrogens with zero attached hydrogens (tertiary/aromatic N) is 1. The molecule has 3 nitrogen and oxygen atoms in total. The molecule has 1 aliphatic heterocycles. The summed E-state index contributed by atoms with van der Waals surface area (Å²) >= 11 is 0. The van der Waals surface area contributed by atoms with E-state index in [0.29, 0.717) is 18.5 Å². The summed E-state index contributed by atoms with van der Waals surface area (Å²) in [7, 11) is 0. The average molecular weight is 353 g/mol. The number of nitrogens with one attached hydrogen (secondary N) is 1. The van der Waals surface area contributed by atoms with Crippen LogP contribution in [-0.2, 0) is 11.3 Å². The molecule has 0 aromatic heterocycles. The van der Waals surface area contributed by atoms with Crippen molar-refractivity contribution in [3.05, 3.63) is 47.0 Å². The minimum absolute atomic E-state index is 0.107. The summed E-state index contributed by atoms with van der Waals surface area (Å²) in [5, 5.41) is 3.95. The van der Waals surface area contributed by atoms with Crippen LogP contribution in [0.1, 0.15) is 64.4 Å². The van der Waals surface area contributed by atoms with Crippen molar-refractivity contribution >= 4 is 5.91 Å². The van der Waals surface area contributed by atoms with Crippen molar-refractivity contribution in [1.82, 2.24) is 10.2 Å². The Kier molecular flexibility index (Phi) is 5.17. The fraction of sp³-hybridized carbons (Fsp3) is 0.609. The predicted octanol–water partition coefficient (Wildman–Crippen LogP) is 4.64. The third-order valence-corrected chi connectivity index (χ3v) is 6.95. The molecule has 1 aromatic rings. The Bertz CT molecular complexity index is 681. The maximum Gasteiger partial charge on any atom is 0.251 e. The number of hydrogen-bond acceptors (Lipinski definition) is 2. The van der Waals surface area contributed by atoms with E-state index >= 15 is 0 Å². The van der Waals surface area contributed by atoms with Crippen LogP contribution < -0.4 is 5.32 Å². The highest BCUT2D eigenvalue weighted by Crippen LogP contribution is 2.38. The third-order valence-electron chi connectivity index (χ3n) is 6.95. The molecule has 1 amide bonds. The molecular weight excluding hydrogens is 320 g/mol. The summed E-state index contributed by atoms with van der Waals surface area (Å²) < 4.78 is 0. The van der Waals surface area contributed by atoms with Gasteiger partial charge in [-0.25, -0.2) is 0 Å². The largest absolute Gasteiger partial charge is 0.315 e. The van der Waals surface area contributed by atoms with Gasteiger partial charge in [-0.1, -0.05) is 57.0 Å². The first-order valence-electron chi connectivity index (χ1n) is 10.5. The maximum absolute atomic E-state index is 13.2. The van der Waals surface area contributed by atoms with E-state index < -0.39 is 0 Å². The zero-order valence-corrected chi connectivity index (χ0v) is 16.2. The topological polar surface area (TPSA) is 32.3 Å². The fourth-order valence-electron chi connectivity index (χ4n) is 5.11. The second-order valence-electron chi connectivity index (χ2n) is 8.57. The van der Waals surface area contributed by atoms with Crippen molar-refractivity contribution in [3.63, 3.8) is 0 Å². The van der Waals surface area contributed by atoms with Crippen molar-refractivity contribution in [2.75, 3.05) is 0 Å². The molecule has 1 N–H and O–H groups in total. The number of rotatable bonds is 4. The van der Waals surface area contributed by atoms with Gasteiger partial charge in [0.05, 0.1) is 0 Å². The van der Waals surface area contributed by atoms with Gasteiger partial charge in [0.2, 0.25) is 0 Å². The van der Waals surface area contributed by atoms with Crippen molar-refractivity contribution in [2.45, 2.75) is 77.5 Å². The Morgan fingerprint density at radius 3 is 2.62 bits per heavy atom. The molecule has 1 heterocycles. The minimum Gasteiger partial charge on any atom is -0.315 e. The first-order chi connectivity index (χ1) is 12.6. The van der Waals surface area contributed by atoms with E-state index in [0.717, 1.165) is 30.8 Å². The standard InChI is InChI=1S/C23H32N2O/c1-16-9-8-14-21(17(16)2)24-22-19-12-6-7-13-20(19)23(26)25(22)15-18-10-4-3-5-11-18/h3-5,10-11,16-17,21-22,24H,6-9,12-15H2,1-2H3. The molecule has 4 rings (SSSR count). The molecule has 140 valence electrons. The lowest BCUT2D eigenvalue weighted by atomic mass is 9.77. The van der Waals surface area contributed by atoms with Gasteiger partial charge in [0.15, 0.2) is 0 Å².